The molecule has 0 bridgehead atoms. The first-order valence-corrected chi connectivity index (χ1v) is 9.05. The Morgan fingerprint density at radius 1 is 0.760 bits per heavy atom. The van der Waals surface area contributed by atoms with Crippen molar-refractivity contribution in [1.82, 2.24) is 0 Å². The minimum absolute atomic E-state index is 0.0472. The summed E-state index contributed by atoms with van der Waals surface area (Å²) in [4.78, 5) is 34.1. The molecule has 0 aromatic heterocycles. The molecule has 0 aliphatic heterocycles. The summed E-state index contributed by atoms with van der Waals surface area (Å²) < 4.78 is 20.3. The zero-order chi connectivity index (χ0) is 18.9. The first kappa shape index (κ1) is 23.4. The van der Waals surface area contributed by atoms with Crippen LogP contribution in [0.15, 0.2) is 0 Å². The fourth-order valence-electron chi connectivity index (χ4n) is 1.91. The number of rotatable bonds is 15. The lowest BCUT2D eigenvalue weighted by Gasteiger charge is -2.18. The van der Waals surface area contributed by atoms with Gasteiger partial charge in [0.2, 0.25) is 0 Å². The largest absolute Gasteiger partial charge is 0.463 e. The summed E-state index contributed by atoms with van der Waals surface area (Å²) in [7, 11) is 0. The van der Waals surface area contributed by atoms with Gasteiger partial charge in [-0.15, -0.1) is 0 Å². The van der Waals surface area contributed by atoms with E-state index in [4.69, 9.17) is 18.9 Å². The number of ether oxygens (including phenoxy) is 4. The van der Waals surface area contributed by atoms with E-state index >= 15 is 0 Å². The number of esters is 3. The van der Waals surface area contributed by atoms with Gasteiger partial charge in [0.05, 0.1) is 0 Å². The molecule has 0 unspecified atom stereocenters. The third-order valence-electron chi connectivity index (χ3n) is 3.40. The smallest absolute Gasteiger partial charge is 0.305 e. The second-order valence-electron chi connectivity index (χ2n) is 5.82. The average Bonchev–Trinajstić information content (AvgIpc) is 2.57. The normalized spacial score (nSPS) is 10.6. The van der Waals surface area contributed by atoms with Crippen LogP contribution >= 0.6 is 0 Å². The predicted octanol–water partition coefficient (Wildman–Crippen LogP) is 3.14. The molecule has 0 aromatic carbocycles. The van der Waals surface area contributed by atoms with Crippen molar-refractivity contribution in [3.8, 4) is 0 Å². The van der Waals surface area contributed by atoms with E-state index in [1.165, 1.54) is 6.92 Å². The van der Waals surface area contributed by atoms with Crippen molar-refractivity contribution in [1.29, 1.82) is 0 Å². The lowest BCUT2D eigenvalue weighted by molar-refractivity contribution is -0.174. The van der Waals surface area contributed by atoms with Crippen molar-refractivity contribution >= 4 is 17.9 Å². The molecule has 0 spiro atoms. The maximum absolute atomic E-state index is 11.6. The Hall–Kier alpha value is -1.63. The molecule has 0 aromatic rings. The van der Waals surface area contributed by atoms with Gasteiger partial charge in [-0.25, -0.2) is 0 Å². The summed E-state index contributed by atoms with van der Waals surface area (Å²) >= 11 is 0. The molecule has 146 valence electrons. The van der Waals surface area contributed by atoms with Crippen LogP contribution in [0.5, 0.6) is 0 Å². The number of carbonyl (C=O) groups excluding carboxylic acids is 3. The minimum Gasteiger partial charge on any atom is -0.463 e. The van der Waals surface area contributed by atoms with Gasteiger partial charge in [0.1, 0.15) is 19.3 Å². The van der Waals surface area contributed by atoms with Crippen molar-refractivity contribution in [2.75, 3.05) is 20.0 Å². The molecule has 0 atom stereocenters. The van der Waals surface area contributed by atoms with E-state index in [-0.39, 0.29) is 31.9 Å². The van der Waals surface area contributed by atoms with Crippen LogP contribution in [0, 0.1) is 0 Å². The fourth-order valence-corrected chi connectivity index (χ4v) is 1.91. The SMILES string of the molecule is CCCCCC(=O)OCC(COC(=O)CCCCC)OCOC(C)=O. The Balaban J connectivity index is 4.18. The Morgan fingerprint density at radius 2 is 1.24 bits per heavy atom. The van der Waals surface area contributed by atoms with Crippen LogP contribution in [-0.4, -0.2) is 44.0 Å². The van der Waals surface area contributed by atoms with Crippen LogP contribution in [0.4, 0.5) is 0 Å². The molecule has 0 heterocycles. The molecule has 0 rings (SSSR count). The zero-order valence-electron chi connectivity index (χ0n) is 15.7. The van der Waals surface area contributed by atoms with E-state index in [9.17, 15) is 14.4 Å². The summed E-state index contributed by atoms with van der Waals surface area (Å²) in [5.41, 5.74) is 0. The van der Waals surface area contributed by atoms with Gasteiger partial charge < -0.3 is 18.9 Å². The molecule has 0 saturated carbocycles. The molecule has 0 fully saturated rings. The molecule has 0 aliphatic carbocycles. The number of hydrogen-bond acceptors (Lipinski definition) is 7. The average molecular weight is 360 g/mol. The van der Waals surface area contributed by atoms with Crippen LogP contribution in [0.25, 0.3) is 0 Å². The Morgan fingerprint density at radius 3 is 1.64 bits per heavy atom. The van der Waals surface area contributed by atoms with Crippen molar-refractivity contribution in [3.63, 3.8) is 0 Å². The van der Waals surface area contributed by atoms with Crippen LogP contribution in [-0.2, 0) is 33.3 Å². The number of carbonyl (C=O) groups is 3. The van der Waals surface area contributed by atoms with Gasteiger partial charge in [-0.3, -0.25) is 14.4 Å². The highest BCUT2D eigenvalue weighted by atomic mass is 16.7. The lowest BCUT2D eigenvalue weighted by Crippen LogP contribution is -2.29. The van der Waals surface area contributed by atoms with Crippen LogP contribution < -0.4 is 0 Å². The van der Waals surface area contributed by atoms with Gasteiger partial charge >= 0.3 is 17.9 Å². The Kier molecular flexibility index (Phi) is 14.8. The third-order valence-corrected chi connectivity index (χ3v) is 3.40. The van der Waals surface area contributed by atoms with E-state index < -0.39 is 12.1 Å². The van der Waals surface area contributed by atoms with Gasteiger partial charge in [0.15, 0.2) is 6.79 Å². The second kappa shape index (κ2) is 15.9. The maximum Gasteiger partial charge on any atom is 0.305 e. The predicted molar refractivity (Wildman–Crippen MR) is 91.7 cm³/mol. The maximum atomic E-state index is 11.6. The summed E-state index contributed by atoms with van der Waals surface area (Å²) in [6, 6.07) is 0. The molecule has 0 amide bonds. The fraction of sp³-hybridized carbons (Fsp3) is 0.833. The second-order valence-corrected chi connectivity index (χ2v) is 5.82. The quantitative estimate of drug-likeness (QED) is 0.192. The Labute approximate surface area is 150 Å². The summed E-state index contributed by atoms with van der Waals surface area (Å²) in [6.45, 7) is 5.00. The van der Waals surface area contributed by atoms with E-state index in [1.807, 2.05) is 0 Å². The van der Waals surface area contributed by atoms with Gasteiger partial charge in [-0.05, 0) is 12.8 Å². The minimum atomic E-state index is -0.662. The first-order valence-electron chi connectivity index (χ1n) is 9.05. The number of hydrogen-bond donors (Lipinski definition) is 0. The summed E-state index contributed by atoms with van der Waals surface area (Å²) in [6.07, 6.45) is 5.58. The molecule has 0 N–H and O–H groups in total. The first-order chi connectivity index (χ1) is 12.0. The summed E-state index contributed by atoms with van der Waals surface area (Å²) in [5, 5.41) is 0. The third kappa shape index (κ3) is 15.6. The lowest BCUT2D eigenvalue weighted by atomic mass is 10.2. The van der Waals surface area contributed by atoms with Crippen molar-refractivity contribution in [2.45, 2.75) is 78.2 Å². The molecule has 25 heavy (non-hydrogen) atoms. The molecule has 7 nitrogen and oxygen atoms in total. The Bertz CT molecular complexity index is 356. The van der Waals surface area contributed by atoms with Gasteiger partial charge in [0, 0.05) is 19.8 Å². The van der Waals surface area contributed by atoms with Crippen LogP contribution in [0.2, 0.25) is 0 Å². The van der Waals surface area contributed by atoms with E-state index in [0.717, 1.165) is 38.5 Å². The van der Waals surface area contributed by atoms with Gasteiger partial charge in [0.25, 0.3) is 0 Å². The number of unbranched alkanes of at least 4 members (excludes halogenated alkanes) is 4. The standard InChI is InChI=1S/C18H32O7/c1-4-6-8-10-17(20)22-12-16(25-14-24-15(3)19)13-23-18(21)11-9-7-5-2/h16H,4-14H2,1-3H3. The topological polar surface area (TPSA) is 88.1 Å². The van der Waals surface area contributed by atoms with E-state index in [0.29, 0.717) is 12.8 Å². The highest BCUT2D eigenvalue weighted by Gasteiger charge is 2.16. The molecule has 0 saturated heterocycles. The van der Waals surface area contributed by atoms with Gasteiger partial charge in [-0.1, -0.05) is 39.5 Å². The molecule has 0 radical (unpaired) electrons. The van der Waals surface area contributed by atoms with Crippen LogP contribution in [0.3, 0.4) is 0 Å². The zero-order valence-corrected chi connectivity index (χ0v) is 15.7. The van der Waals surface area contributed by atoms with Crippen LogP contribution in [0.1, 0.15) is 72.1 Å². The van der Waals surface area contributed by atoms with Gasteiger partial charge in [-0.2, -0.15) is 0 Å². The monoisotopic (exact) mass is 360 g/mol. The van der Waals surface area contributed by atoms with Crippen molar-refractivity contribution in [2.24, 2.45) is 0 Å². The van der Waals surface area contributed by atoms with Crippen molar-refractivity contribution in [3.05, 3.63) is 0 Å². The van der Waals surface area contributed by atoms with E-state index in [1.54, 1.807) is 0 Å². The molecule has 7 heteroatoms. The highest BCUT2D eigenvalue weighted by molar-refractivity contribution is 5.69. The molecular formula is C18H32O7. The molecule has 0 aliphatic rings. The highest BCUT2D eigenvalue weighted by Crippen LogP contribution is 2.05. The van der Waals surface area contributed by atoms with E-state index in [2.05, 4.69) is 13.8 Å². The summed E-state index contributed by atoms with van der Waals surface area (Å²) in [5.74, 6) is -1.11. The molecular weight excluding hydrogens is 328 g/mol. The van der Waals surface area contributed by atoms with Crippen molar-refractivity contribution < 1.29 is 33.3 Å².